The van der Waals surface area contributed by atoms with Crippen LogP contribution in [0.1, 0.15) is 16.0 Å². The molecular formula is C16H21ClIN3OS. The topological polar surface area (TPSA) is 45.7 Å². The predicted molar refractivity (Wildman–Crippen MR) is 110 cm³/mol. The molecule has 0 fully saturated rings. The van der Waals surface area contributed by atoms with Crippen LogP contribution < -0.4 is 15.4 Å². The summed E-state index contributed by atoms with van der Waals surface area (Å²) in [6, 6.07) is 7.73. The molecule has 126 valence electrons. The SMILES string of the molecule is CN=C(NCc1ccc(Cl)cc1OC)NCc1sccc1C.I. The van der Waals surface area contributed by atoms with E-state index >= 15 is 0 Å². The second kappa shape index (κ2) is 10.00. The summed E-state index contributed by atoms with van der Waals surface area (Å²) in [4.78, 5) is 5.55. The summed E-state index contributed by atoms with van der Waals surface area (Å²) >= 11 is 7.72. The highest BCUT2D eigenvalue weighted by molar-refractivity contribution is 14.0. The van der Waals surface area contributed by atoms with Crippen LogP contribution in [0.3, 0.4) is 0 Å². The number of nitrogens with one attached hydrogen (secondary N) is 2. The zero-order valence-corrected chi connectivity index (χ0v) is 17.3. The fourth-order valence-electron chi connectivity index (χ4n) is 2.01. The first-order valence-electron chi connectivity index (χ1n) is 6.94. The van der Waals surface area contributed by atoms with Gasteiger partial charge in [0.05, 0.1) is 13.7 Å². The summed E-state index contributed by atoms with van der Waals surface area (Å²) in [5, 5.41) is 9.36. The molecule has 0 aliphatic heterocycles. The molecule has 0 spiro atoms. The molecule has 2 rings (SSSR count). The fourth-order valence-corrected chi connectivity index (χ4v) is 3.02. The lowest BCUT2D eigenvalue weighted by Crippen LogP contribution is -2.36. The highest BCUT2D eigenvalue weighted by Crippen LogP contribution is 2.22. The number of rotatable bonds is 5. The van der Waals surface area contributed by atoms with Gasteiger partial charge in [0.15, 0.2) is 5.96 Å². The number of aliphatic imine (C=N–C) groups is 1. The molecule has 0 saturated heterocycles. The van der Waals surface area contributed by atoms with E-state index in [1.807, 2.05) is 18.2 Å². The van der Waals surface area contributed by atoms with Crippen molar-refractivity contribution in [2.24, 2.45) is 4.99 Å². The van der Waals surface area contributed by atoms with E-state index in [0.717, 1.165) is 23.8 Å². The average Bonchev–Trinajstić information content (AvgIpc) is 2.93. The molecule has 2 aromatic rings. The van der Waals surface area contributed by atoms with Crippen LogP contribution in [-0.2, 0) is 13.1 Å². The van der Waals surface area contributed by atoms with E-state index in [2.05, 4.69) is 34.0 Å². The Hall–Kier alpha value is -0.990. The minimum atomic E-state index is 0. The van der Waals surface area contributed by atoms with Crippen LogP contribution in [0.2, 0.25) is 5.02 Å². The fraction of sp³-hybridized carbons (Fsp3) is 0.312. The van der Waals surface area contributed by atoms with Gasteiger partial charge in [0.2, 0.25) is 0 Å². The second-order valence-corrected chi connectivity index (χ2v) is 6.20. The Bertz CT molecular complexity index is 661. The quantitative estimate of drug-likeness (QED) is 0.395. The third-order valence-corrected chi connectivity index (χ3v) is 4.56. The maximum absolute atomic E-state index is 5.97. The largest absolute Gasteiger partial charge is 0.496 e. The molecule has 0 bridgehead atoms. The van der Waals surface area contributed by atoms with Crippen molar-refractivity contribution in [1.82, 2.24) is 10.6 Å². The van der Waals surface area contributed by atoms with E-state index in [1.165, 1.54) is 10.4 Å². The molecule has 0 aliphatic rings. The van der Waals surface area contributed by atoms with Gasteiger partial charge < -0.3 is 15.4 Å². The van der Waals surface area contributed by atoms with Gasteiger partial charge in [-0.15, -0.1) is 35.3 Å². The predicted octanol–water partition coefficient (Wildman–Crippen LogP) is 4.20. The minimum absolute atomic E-state index is 0. The van der Waals surface area contributed by atoms with Crippen molar-refractivity contribution in [2.75, 3.05) is 14.2 Å². The highest BCUT2D eigenvalue weighted by Gasteiger charge is 2.06. The minimum Gasteiger partial charge on any atom is -0.496 e. The van der Waals surface area contributed by atoms with Crippen molar-refractivity contribution in [1.29, 1.82) is 0 Å². The van der Waals surface area contributed by atoms with E-state index in [1.54, 1.807) is 25.5 Å². The summed E-state index contributed by atoms with van der Waals surface area (Å²) in [6.07, 6.45) is 0. The number of thiophene rings is 1. The standard InChI is InChI=1S/C16H20ClN3OS.HI/c1-11-6-7-22-15(11)10-20-16(18-2)19-9-12-4-5-13(17)8-14(12)21-3;/h4-8H,9-10H2,1-3H3,(H2,18,19,20);1H. The number of methoxy groups -OCH3 is 1. The summed E-state index contributed by atoms with van der Waals surface area (Å²) in [5.41, 5.74) is 2.33. The van der Waals surface area contributed by atoms with Crippen molar-refractivity contribution in [3.05, 3.63) is 50.7 Å². The third-order valence-electron chi connectivity index (χ3n) is 3.30. The first-order chi connectivity index (χ1) is 10.6. The zero-order valence-electron chi connectivity index (χ0n) is 13.4. The summed E-state index contributed by atoms with van der Waals surface area (Å²) in [5.74, 6) is 1.52. The molecule has 1 aromatic carbocycles. The highest BCUT2D eigenvalue weighted by atomic mass is 127. The van der Waals surface area contributed by atoms with Crippen molar-refractivity contribution in [3.8, 4) is 5.75 Å². The molecule has 2 N–H and O–H groups in total. The van der Waals surface area contributed by atoms with E-state index in [0.29, 0.717) is 11.6 Å². The number of hydrogen-bond acceptors (Lipinski definition) is 3. The molecule has 1 aromatic heterocycles. The Kier molecular flexibility index (Phi) is 8.72. The molecular weight excluding hydrogens is 445 g/mol. The molecule has 0 amide bonds. The summed E-state index contributed by atoms with van der Waals surface area (Å²) in [7, 11) is 3.40. The van der Waals surface area contributed by atoms with Gasteiger partial charge in [-0.25, -0.2) is 0 Å². The number of aryl methyl sites for hydroxylation is 1. The number of hydrogen-bond donors (Lipinski definition) is 2. The van der Waals surface area contributed by atoms with Gasteiger partial charge in [0.25, 0.3) is 0 Å². The lowest BCUT2D eigenvalue weighted by atomic mass is 10.2. The normalized spacial score (nSPS) is 10.9. The van der Waals surface area contributed by atoms with Gasteiger partial charge in [-0.3, -0.25) is 4.99 Å². The Morgan fingerprint density at radius 2 is 2.00 bits per heavy atom. The molecule has 0 saturated carbocycles. The van der Waals surface area contributed by atoms with Crippen LogP contribution in [0.25, 0.3) is 0 Å². The molecule has 1 heterocycles. The average molecular weight is 466 g/mol. The van der Waals surface area contributed by atoms with Gasteiger partial charge in [-0.05, 0) is 36.1 Å². The van der Waals surface area contributed by atoms with E-state index in [-0.39, 0.29) is 24.0 Å². The summed E-state index contributed by atoms with van der Waals surface area (Å²) in [6.45, 7) is 3.49. The van der Waals surface area contributed by atoms with Crippen LogP contribution in [0, 0.1) is 6.92 Å². The Labute approximate surface area is 163 Å². The van der Waals surface area contributed by atoms with Gasteiger partial charge >= 0.3 is 0 Å². The second-order valence-electron chi connectivity index (χ2n) is 4.76. The molecule has 0 aliphatic carbocycles. The van der Waals surface area contributed by atoms with Gasteiger partial charge in [-0.1, -0.05) is 17.7 Å². The number of ether oxygens (including phenoxy) is 1. The third kappa shape index (κ3) is 5.86. The first kappa shape index (κ1) is 20.1. The van der Waals surface area contributed by atoms with Crippen molar-refractivity contribution >= 4 is 52.9 Å². The van der Waals surface area contributed by atoms with Crippen LogP contribution in [0.15, 0.2) is 34.6 Å². The molecule has 4 nitrogen and oxygen atoms in total. The lowest BCUT2D eigenvalue weighted by Gasteiger charge is -2.14. The van der Waals surface area contributed by atoms with Gasteiger partial charge in [0.1, 0.15) is 5.75 Å². The van der Waals surface area contributed by atoms with Gasteiger partial charge in [-0.2, -0.15) is 0 Å². The number of nitrogens with zero attached hydrogens (tertiary/aromatic N) is 1. The Morgan fingerprint density at radius 1 is 1.26 bits per heavy atom. The van der Waals surface area contributed by atoms with Crippen molar-refractivity contribution in [3.63, 3.8) is 0 Å². The number of halogens is 2. The number of guanidine groups is 1. The van der Waals surface area contributed by atoms with Crippen LogP contribution in [0.4, 0.5) is 0 Å². The molecule has 7 heteroatoms. The monoisotopic (exact) mass is 465 g/mol. The van der Waals surface area contributed by atoms with Crippen molar-refractivity contribution in [2.45, 2.75) is 20.0 Å². The molecule has 0 unspecified atom stereocenters. The smallest absolute Gasteiger partial charge is 0.191 e. The van der Waals surface area contributed by atoms with E-state index < -0.39 is 0 Å². The molecule has 0 atom stereocenters. The lowest BCUT2D eigenvalue weighted by molar-refractivity contribution is 0.409. The molecule has 23 heavy (non-hydrogen) atoms. The van der Waals surface area contributed by atoms with Crippen LogP contribution >= 0.6 is 46.9 Å². The van der Waals surface area contributed by atoms with Crippen molar-refractivity contribution < 1.29 is 4.74 Å². The van der Waals surface area contributed by atoms with Crippen LogP contribution in [0.5, 0.6) is 5.75 Å². The zero-order chi connectivity index (χ0) is 15.9. The molecule has 0 radical (unpaired) electrons. The first-order valence-corrected chi connectivity index (χ1v) is 8.19. The number of benzene rings is 1. The van der Waals surface area contributed by atoms with Crippen LogP contribution in [-0.4, -0.2) is 20.1 Å². The Balaban J connectivity index is 0.00000264. The van der Waals surface area contributed by atoms with E-state index in [9.17, 15) is 0 Å². The van der Waals surface area contributed by atoms with E-state index in [4.69, 9.17) is 16.3 Å². The maximum Gasteiger partial charge on any atom is 0.191 e. The Morgan fingerprint density at radius 3 is 2.61 bits per heavy atom. The van der Waals surface area contributed by atoms with Gasteiger partial charge in [0, 0.05) is 29.1 Å². The summed E-state index contributed by atoms with van der Waals surface area (Å²) < 4.78 is 5.34. The maximum atomic E-state index is 5.97.